The van der Waals surface area contributed by atoms with E-state index in [1.807, 2.05) is 75.4 Å². The van der Waals surface area contributed by atoms with Gasteiger partial charge in [0.2, 0.25) is 10.0 Å². The van der Waals surface area contributed by atoms with Crippen LogP contribution in [0.1, 0.15) is 42.5 Å². The average Bonchev–Trinajstić information content (AvgIpc) is 3.15. The second-order valence-electron chi connectivity index (χ2n) is 9.12. The molecule has 1 aliphatic rings. The molecule has 1 N–H and O–H groups in total. The molecule has 4 atom stereocenters. The summed E-state index contributed by atoms with van der Waals surface area (Å²) in [5.41, 5.74) is 2.70. The molecule has 35 heavy (non-hydrogen) atoms. The number of aryl methyl sites for hydroxylation is 2. The lowest BCUT2D eigenvalue weighted by molar-refractivity contribution is -0.142. The Kier molecular flexibility index (Phi) is 7.69. The first kappa shape index (κ1) is 25.5. The predicted molar refractivity (Wildman–Crippen MR) is 140 cm³/mol. The average molecular weight is 510 g/mol. The number of carboxylic acid groups (broad SMARTS) is 1. The number of rotatable bonds is 8. The van der Waals surface area contributed by atoms with Gasteiger partial charge in [-0.25, -0.2) is 8.42 Å². The molecule has 1 heterocycles. The van der Waals surface area contributed by atoms with E-state index >= 15 is 0 Å². The van der Waals surface area contributed by atoms with E-state index in [2.05, 4.69) is 0 Å². The van der Waals surface area contributed by atoms with Gasteiger partial charge in [0.1, 0.15) is 0 Å². The van der Waals surface area contributed by atoms with Crippen LogP contribution in [0.4, 0.5) is 0 Å². The molecule has 1 saturated heterocycles. The molecule has 184 valence electrons. The zero-order chi connectivity index (χ0) is 25.2. The summed E-state index contributed by atoms with van der Waals surface area (Å²) in [6, 6.07) is 22.7. The van der Waals surface area contributed by atoms with Crippen LogP contribution in [0, 0.1) is 19.8 Å². The van der Waals surface area contributed by atoms with Crippen molar-refractivity contribution in [2.24, 2.45) is 5.92 Å². The van der Waals surface area contributed by atoms with Crippen LogP contribution in [0.15, 0.2) is 88.7 Å². The van der Waals surface area contributed by atoms with Crippen molar-refractivity contribution < 1.29 is 18.3 Å². The zero-order valence-corrected chi connectivity index (χ0v) is 21.8. The van der Waals surface area contributed by atoms with Crippen molar-refractivity contribution in [3.05, 3.63) is 95.6 Å². The van der Waals surface area contributed by atoms with Gasteiger partial charge < -0.3 is 5.11 Å². The Bertz CT molecular complexity index is 1260. The largest absolute Gasteiger partial charge is 0.481 e. The summed E-state index contributed by atoms with van der Waals surface area (Å²) in [4.78, 5) is 13.9. The minimum absolute atomic E-state index is 0.191. The van der Waals surface area contributed by atoms with E-state index in [1.54, 1.807) is 24.3 Å². The maximum Gasteiger partial charge on any atom is 0.309 e. The summed E-state index contributed by atoms with van der Waals surface area (Å²) in [6.45, 7) is 5.88. The molecule has 0 bridgehead atoms. The Hall–Kier alpha value is -2.61. The van der Waals surface area contributed by atoms with Crippen LogP contribution in [-0.4, -0.2) is 35.1 Å². The zero-order valence-electron chi connectivity index (χ0n) is 20.2. The monoisotopic (exact) mass is 509 g/mol. The number of aliphatic carboxylic acids is 1. The second-order valence-corrected chi connectivity index (χ2v) is 12.2. The quantitative estimate of drug-likeness (QED) is 0.398. The van der Waals surface area contributed by atoms with Crippen molar-refractivity contribution >= 4 is 27.8 Å². The Balaban J connectivity index is 1.91. The lowest BCUT2D eigenvalue weighted by Gasteiger charge is -2.31. The number of nitrogens with zero attached hydrogens (tertiary/aromatic N) is 1. The van der Waals surface area contributed by atoms with Crippen LogP contribution < -0.4 is 0 Å². The number of sulfonamides is 1. The first-order chi connectivity index (χ1) is 16.7. The van der Waals surface area contributed by atoms with Crippen molar-refractivity contribution in [3.63, 3.8) is 0 Å². The van der Waals surface area contributed by atoms with Gasteiger partial charge in [-0.15, -0.1) is 11.8 Å². The fourth-order valence-electron chi connectivity index (χ4n) is 4.88. The molecular weight excluding hydrogens is 478 g/mol. The molecule has 0 amide bonds. The van der Waals surface area contributed by atoms with Crippen LogP contribution in [0.2, 0.25) is 0 Å². The van der Waals surface area contributed by atoms with Gasteiger partial charge >= 0.3 is 5.97 Å². The van der Waals surface area contributed by atoms with Crippen LogP contribution in [-0.2, 0) is 14.8 Å². The van der Waals surface area contributed by atoms with E-state index in [1.165, 1.54) is 16.1 Å². The van der Waals surface area contributed by atoms with Crippen LogP contribution in [0.3, 0.4) is 0 Å². The van der Waals surface area contributed by atoms with E-state index in [9.17, 15) is 18.3 Å². The fraction of sp³-hybridized carbons (Fsp3) is 0.321. The van der Waals surface area contributed by atoms with E-state index in [0.29, 0.717) is 12.0 Å². The smallest absolute Gasteiger partial charge is 0.309 e. The Labute approximate surface area is 212 Å². The van der Waals surface area contributed by atoms with Gasteiger partial charge in [0, 0.05) is 16.2 Å². The lowest BCUT2D eigenvalue weighted by atomic mass is 9.92. The van der Waals surface area contributed by atoms with Crippen LogP contribution >= 0.6 is 11.8 Å². The highest BCUT2D eigenvalue weighted by atomic mass is 32.2. The topological polar surface area (TPSA) is 74.7 Å². The first-order valence-corrected chi connectivity index (χ1v) is 14.2. The van der Waals surface area contributed by atoms with E-state index < -0.39 is 39.2 Å². The van der Waals surface area contributed by atoms with Gasteiger partial charge in [-0.1, -0.05) is 79.1 Å². The molecule has 0 radical (unpaired) electrons. The van der Waals surface area contributed by atoms with Gasteiger partial charge in [0.05, 0.1) is 16.9 Å². The molecule has 0 unspecified atom stereocenters. The van der Waals surface area contributed by atoms with Gasteiger partial charge in [0.15, 0.2) is 0 Å². The molecule has 7 heteroatoms. The maximum atomic E-state index is 14.2. The van der Waals surface area contributed by atoms with Gasteiger partial charge in [-0.05, 0) is 50.1 Å². The summed E-state index contributed by atoms with van der Waals surface area (Å²) >= 11 is 1.47. The maximum absolute atomic E-state index is 14.2. The third-order valence-electron chi connectivity index (χ3n) is 6.57. The molecule has 5 nitrogen and oxygen atoms in total. The lowest BCUT2D eigenvalue weighted by Crippen LogP contribution is -2.40. The minimum Gasteiger partial charge on any atom is -0.481 e. The highest BCUT2D eigenvalue weighted by Crippen LogP contribution is 2.51. The second kappa shape index (κ2) is 10.6. The van der Waals surface area contributed by atoms with E-state index in [4.69, 9.17) is 0 Å². The third-order valence-corrected chi connectivity index (χ3v) is 9.92. The van der Waals surface area contributed by atoms with E-state index in [0.717, 1.165) is 22.4 Å². The molecule has 1 aliphatic heterocycles. The molecule has 4 rings (SSSR count). The number of benzene rings is 3. The highest BCUT2D eigenvalue weighted by Gasteiger charge is 2.57. The van der Waals surface area contributed by atoms with Crippen molar-refractivity contribution in [1.29, 1.82) is 0 Å². The van der Waals surface area contributed by atoms with Gasteiger partial charge in [-0.2, -0.15) is 4.31 Å². The molecule has 3 aromatic rings. The standard InChI is InChI=1S/C28H31NO4S2/c1-4-8-24-27(34-22-9-6-5-7-10-22)25(28(30)31)26(21-15-11-19(2)12-16-21)29(24)35(32,33)23-17-13-20(3)14-18-23/h5-7,9-18,24-27H,4,8H2,1-3H3,(H,30,31)/t24-,25+,26+,27-/m1/s1. The summed E-state index contributed by atoms with van der Waals surface area (Å²) in [6.07, 6.45) is 1.31. The SMILES string of the molecule is CCC[C@@H]1[C@@H](Sc2ccccc2)[C@@H](C(=O)O)[C@H](c2ccc(C)cc2)N1S(=O)(=O)c1ccc(C)cc1. The normalized spacial score (nSPS) is 22.8. The molecule has 0 aromatic heterocycles. The molecule has 0 saturated carbocycles. The number of hydrogen-bond acceptors (Lipinski definition) is 4. The molecule has 0 aliphatic carbocycles. The van der Waals surface area contributed by atoms with E-state index in [-0.39, 0.29) is 4.90 Å². The molecule has 1 fully saturated rings. The van der Waals surface area contributed by atoms with Gasteiger partial charge in [-0.3, -0.25) is 4.79 Å². The number of carbonyl (C=O) groups is 1. The van der Waals surface area contributed by atoms with Crippen LogP contribution in [0.5, 0.6) is 0 Å². The van der Waals surface area contributed by atoms with Crippen LogP contribution in [0.25, 0.3) is 0 Å². The predicted octanol–water partition coefficient (Wildman–Crippen LogP) is 6.08. The molecule has 3 aromatic carbocycles. The molecular formula is C28H31NO4S2. The summed E-state index contributed by atoms with van der Waals surface area (Å²) < 4.78 is 29.8. The van der Waals surface area contributed by atoms with Crippen molar-refractivity contribution in [3.8, 4) is 0 Å². The minimum atomic E-state index is -3.97. The Morgan fingerprint density at radius 1 is 0.914 bits per heavy atom. The molecule has 0 spiro atoms. The van der Waals surface area contributed by atoms with Crippen molar-refractivity contribution in [2.45, 2.75) is 60.7 Å². The number of carboxylic acids is 1. The Morgan fingerprint density at radius 3 is 2.03 bits per heavy atom. The van der Waals surface area contributed by atoms with Crippen molar-refractivity contribution in [1.82, 2.24) is 4.31 Å². The van der Waals surface area contributed by atoms with Crippen molar-refractivity contribution in [2.75, 3.05) is 0 Å². The third kappa shape index (κ3) is 5.17. The first-order valence-electron chi connectivity index (χ1n) is 11.9. The Morgan fingerprint density at radius 2 is 1.49 bits per heavy atom. The summed E-state index contributed by atoms with van der Waals surface area (Å²) in [5.74, 6) is -1.88. The summed E-state index contributed by atoms with van der Waals surface area (Å²) in [5, 5.41) is 10.0. The number of hydrogen-bond donors (Lipinski definition) is 1. The fourth-order valence-corrected chi connectivity index (χ4v) is 8.29. The van der Waals surface area contributed by atoms with Gasteiger partial charge in [0.25, 0.3) is 0 Å². The number of thioether (sulfide) groups is 1. The highest BCUT2D eigenvalue weighted by molar-refractivity contribution is 8.00. The summed E-state index contributed by atoms with van der Waals surface area (Å²) in [7, 11) is -3.97.